The van der Waals surface area contributed by atoms with Crippen molar-refractivity contribution in [3.05, 3.63) is 143 Å². The second kappa shape index (κ2) is 61.8. The number of benzene rings is 5. The van der Waals surface area contributed by atoms with Crippen molar-refractivity contribution in [2.24, 2.45) is 11.8 Å². The summed E-state index contributed by atoms with van der Waals surface area (Å²) in [6, 6.07) is 35.7. The number of unbranched alkanes of at least 4 members (excludes halogenated alkanes) is 15. The zero-order valence-electron chi connectivity index (χ0n) is 72.4. The fourth-order valence-electron chi connectivity index (χ4n) is 14.8. The van der Waals surface area contributed by atoms with Crippen molar-refractivity contribution >= 4 is 41.8 Å². The van der Waals surface area contributed by atoms with E-state index in [0.29, 0.717) is 117 Å². The number of carbonyl (C=O) groups excluding carboxylic acids is 7. The number of hydrogen-bond donors (Lipinski definition) is 0. The SMILES string of the molecule is CCCC1CCC(c2ccc(OC(=O)c3ccc(OCCCCCCOC(=O)CCC(=O)OCC)cc3)cc2)CC1.CCCCCCOc1ccc(C(=O)Oc2ccc(C3CCC(CCC)CC3)cc2)cc1.CCCCCCOc1ccc(OCCCCCCOC(=O)CCC(=O)OCC)c(C(=O)OCCCCCCOC2CCCCO2)c1. The van der Waals surface area contributed by atoms with Crippen LogP contribution in [0.25, 0.3) is 0 Å². The van der Waals surface area contributed by atoms with Crippen LogP contribution in [-0.2, 0) is 52.3 Å². The maximum absolute atomic E-state index is 13.1. The molecule has 0 N–H and O–H groups in total. The number of hydrogen-bond acceptors (Lipinski definition) is 20. The Balaban J connectivity index is 0.000000279. The van der Waals surface area contributed by atoms with E-state index in [1.165, 1.54) is 120 Å². The number of rotatable bonds is 55. The minimum Gasteiger partial charge on any atom is -0.494 e. The Bertz CT molecular complexity index is 3520. The van der Waals surface area contributed by atoms with Crippen LogP contribution in [0, 0.1) is 11.8 Å². The van der Waals surface area contributed by atoms with E-state index in [2.05, 4.69) is 52.0 Å². The molecule has 2 saturated carbocycles. The molecular weight excluding hydrogens is 1500 g/mol. The lowest BCUT2D eigenvalue weighted by atomic mass is 9.77. The van der Waals surface area contributed by atoms with Gasteiger partial charge in [0.2, 0.25) is 0 Å². The molecule has 2 aliphatic carbocycles. The number of ether oxygens (including phenoxy) is 13. The second-order valence-corrected chi connectivity index (χ2v) is 31.2. The minimum absolute atomic E-state index is 0.0338. The Morgan fingerprint density at radius 1 is 0.322 bits per heavy atom. The quantitative estimate of drug-likeness (QED) is 0.0152. The molecule has 5 aromatic rings. The van der Waals surface area contributed by atoms with E-state index >= 15 is 0 Å². The molecule has 20 nitrogen and oxygen atoms in total. The molecule has 3 aliphatic rings. The predicted octanol–water partition coefficient (Wildman–Crippen LogP) is 23.5. The average Bonchev–Trinajstić information content (AvgIpc) is 0.835. The summed E-state index contributed by atoms with van der Waals surface area (Å²) in [6.45, 7) is 17.8. The first kappa shape index (κ1) is 98.3. The molecule has 0 spiro atoms. The molecule has 20 heteroatoms. The first-order valence-corrected chi connectivity index (χ1v) is 45.2. The molecule has 5 aromatic carbocycles. The number of carbonyl (C=O) groups is 7. The van der Waals surface area contributed by atoms with E-state index in [-0.39, 0.29) is 61.8 Å². The van der Waals surface area contributed by atoms with Gasteiger partial charge in [-0.25, -0.2) is 14.4 Å². The Kier molecular flexibility index (Phi) is 51.5. The summed E-state index contributed by atoms with van der Waals surface area (Å²) in [6.07, 6.45) is 38.7. The van der Waals surface area contributed by atoms with Crippen LogP contribution >= 0.6 is 0 Å². The van der Waals surface area contributed by atoms with Crippen LogP contribution in [0.2, 0.25) is 0 Å². The fourth-order valence-corrected chi connectivity index (χ4v) is 14.8. The van der Waals surface area contributed by atoms with Crippen LogP contribution in [0.15, 0.2) is 115 Å². The summed E-state index contributed by atoms with van der Waals surface area (Å²) in [4.78, 5) is 84.1. The van der Waals surface area contributed by atoms with Gasteiger partial charge in [-0.1, -0.05) is 123 Å². The van der Waals surface area contributed by atoms with Crippen LogP contribution in [-0.4, -0.2) is 121 Å². The van der Waals surface area contributed by atoms with E-state index in [1.54, 1.807) is 62.4 Å². The minimum atomic E-state index is -0.408. The highest BCUT2D eigenvalue weighted by atomic mass is 16.7. The van der Waals surface area contributed by atoms with Gasteiger partial charge in [0.25, 0.3) is 0 Å². The molecule has 0 bridgehead atoms. The lowest BCUT2D eigenvalue weighted by Crippen LogP contribution is -2.22. The zero-order valence-corrected chi connectivity index (χ0v) is 72.4. The first-order valence-electron chi connectivity index (χ1n) is 45.2. The number of esters is 7. The Labute approximate surface area is 705 Å². The third-order valence-corrected chi connectivity index (χ3v) is 21.6. The van der Waals surface area contributed by atoms with E-state index in [9.17, 15) is 33.6 Å². The van der Waals surface area contributed by atoms with Crippen molar-refractivity contribution in [3.8, 4) is 34.5 Å². The summed E-state index contributed by atoms with van der Waals surface area (Å²) in [7, 11) is 0. The van der Waals surface area contributed by atoms with Crippen molar-refractivity contribution in [2.45, 2.75) is 310 Å². The molecular formula is C98H142O20. The van der Waals surface area contributed by atoms with Crippen molar-refractivity contribution in [1.29, 1.82) is 0 Å². The summed E-state index contributed by atoms with van der Waals surface area (Å²) in [5, 5.41) is 0. The van der Waals surface area contributed by atoms with Crippen LogP contribution in [0.3, 0.4) is 0 Å². The zero-order chi connectivity index (χ0) is 84.3. The van der Waals surface area contributed by atoms with Gasteiger partial charge in [0.1, 0.15) is 40.1 Å². The highest BCUT2D eigenvalue weighted by molar-refractivity contribution is 5.93. The van der Waals surface area contributed by atoms with Gasteiger partial charge in [-0.3, -0.25) is 19.2 Å². The third-order valence-electron chi connectivity index (χ3n) is 21.6. The molecule has 0 aromatic heterocycles. The summed E-state index contributed by atoms with van der Waals surface area (Å²) >= 11 is 0. The Hall–Kier alpha value is -8.49. The van der Waals surface area contributed by atoms with Crippen LogP contribution in [0.5, 0.6) is 34.5 Å². The first-order chi connectivity index (χ1) is 57.7. The molecule has 1 saturated heterocycles. The monoisotopic (exact) mass is 1640 g/mol. The van der Waals surface area contributed by atoms with E-state index in [4.69, 9.17) is 61.6 Å². The lowest BCUT2D eigenvalue weighted by molar-refractivity contribution is -0.162. The van der Waals surface area contributed by atoms with Gasteiger partial charge in [0.05, 0.1) is 96.3 Å². The van der Waals surface area contributed by atoms with Crippen molar-refractivity contribution < 1.29 is 95.1 Å². The van der Waals surface area contributed by atoms with Crippen molar-refractivity contribution in [1.82, 2.24) is 0 Å². The Morgan fingerprint density at radius 3 is 1.08 bits per heavy atom. The van der Waals surface area contributed by atoms with Crippen molar-refractivity contribution in [3.63, 3.8) is 0 Å². The molecule has 1 atom stereocenters. The van der Waals surface area contributed by atoms with E-state index in [1.807, 2.05) is 42.5 Å². The fraction of sp³-hybridized carbons (Fsp3) is 0.622. The van der Waals surface area contributed by atoms with Gasteiger partial charge >= 0.3 is 41.8 Å². The van der Waals surface area contributed by atoms with Gasteiger partial charge in [0.15, 0.2) is 6.29 Å². The molecule has 1 heterocycles. The van der Waals surface area contributed by atoms with E-state index < -0.39 is 11.9 Å². The van der Waals surface area contributed by atoms with Gasteiger partial charge in [-0.15, -0.1) is 0 Å². The van der Waals surface area contributed by atoms with Crippen LogP contribution < -0.4 is 28.4 Å². The van der Waals surface area contributed by atoms with Gasteiger partial charge in [-0.05, 0) is 294 Å². The maximum atomic E-state index is 13.1. The molecule has 8 rings (SSSR count). The maximum Gasteiger partial charge on any atom is 0.343 e. The lowest BCUT2D eigenvalue weighted by Gasteiger charge is -2.28. The van der Waals surface area contributed by atoms with Crippen LogP contribution in [0.4, 0.5) is 0 Å². The standard InChI is InChI=1S/C36H58O10.C34H46O7.C28H38O3/c1-3-5-6-12-23-41-30-19-20-32(42-24-13-7-8-14-25-43-34(38)22-21-33(37)40-4-2)31(29-30)36(39)46-28-16-10-9-15-26-44-35-18-11-17-27-45-35;1-3-9-26-10-12-27(13-11-26)28-14-20-31(21-15-28)41-34(37)29-16-18-30(19-17-29)39-24-7-5-6-8-25-40-33(36)23-22-32(35)38-4-2;1-3-5-6-7-21-30-26-17-15-25(16-18-26)28(29)31-27-19-13-24(14-20-27)23-11-9-22(8-4-2)10-12-23/h19-20,29,35H,3-18,21-28H2,1-2H3;14-21,26-27H,3-13,22-25H2,1-2H3;13-20,22-23H,3-12,21H2,1-2H3. The van der Waals surface area contributed by atoms with Gasteiger partial charge in [-0.2, -0.15) is 0 Å². The highest BCUT2D eigenvalue weighted by Gasteiger charge is 2.25. The molecule has 1 unspecified atom stereocenters. The molecule has 0 amide bonds. The normalized spacial score (nSPS) is 16.2. The third kappa shape index (κ3) is 42.4. The topological polar surface area (TPSA) is 239 Å². The second-order valence-electron chi connectivity index (χ2n) is 31.2. The van der Waals surface area contributed by atoms with Gasteiger partial charge in [0, 0.05) is 13.2 Å². The average molecular weight is 1640 g/mol. The predicted molar refractivity (Wildman–Crippen MR) is 460 cm³/mol. The Morgan fingerprint density at radius 2 is 0.686 bits per heavy atom. The van der Waals surface area contributed by atoms with Crippen LogP contribution in [0.1, 0.15) is 346 Å². The summed E-state index contributed by atoms with van der Waals surface area (Å²) < 4.78 is 71.6. The molecule has 3 fully saturated rings. The molecule has 1 aliphatic heterocycles. The van der Waals surface area contributed by atoms with E-state index in [0.717, 1.165) is 146 Å². The van der Waals surface area contributed by atoms with Gasteiger partial charge < -0.3 is 61.6 Å². The summed E-state index contributed by atoms with van der Waals surface area (Å²) in [5.41, 5.74) is 4.11. The smallest absolute Gasteiger partial charge is 0.343 e. The van der Waals surface area contributed by atoms with Crippen molar-refractivity contribution in [2.75, 3.05) is 72.7 Å². The highest BCUT2D eigenvalue weighted by Crippen LogP contribution is 2.40. The largest absolute Gasteiger partial charge is 0.494 e. The molecule has 654 valence electrons. The molecule has 0 radical (unpaired) electrons. The molecule has 118 heavy (non-hydrogen) atoms. The summed E-state index contributed by atoms with van der Waals surface area (Å²) in [5.74, 6) is 4.19.